The molecule has 1 aromatic carbocycles. The molecule has 1 aromatic heterocycles. The quantitative estimate of drug-likeness (QED) is 0.206. The Kier molecular flexibility index (Phi) is 12.7. The fourth-order valence-corrected chi connectivity index (χ4v) is 4.90. The molecule has 212 valence electrons. The molecule has 0 bridgehead atoms. The van der Waals surface area contributed by atoms with Gasteiger partial charge < -0.3 is 4.90 Å². The molecule has 0 radical (unpaired) electrons. The maximum absolute atomic E-state index is 13.2. The summed E-state index contributed by atoms with van der Waals surface area (Å²) in [5.74, 6) is -0.194. The van der Waals surface area contributed by atoms with Crippen LogP contribution in [0.4, 0.5) is 5.69 Å². The van der Waals surface area contributed by atoms with E-state index in [0.29, 0.717) is 5.02 Å². The number of amides is 1. The molecule has 0 spiro atoms. The van der Waals surface area contributed by atoms with Crippen molar-refractivity contribution >= 4 is 33.3 Å². The van der Waals surface area contributed by atoms with E-state index in [4.69, 9.17) is 16.2 Å². The standard InChI is InChI=1S/C27H38ClN3O.C2H6O3S/c1-5-6-7-8-9-10-11-12-15-30(4)20-21-16-23(19-29-18-21)31-26(32)24-14-13-22(28)17-25(24)27(31,2)3;1-2-6(3,4)5/h13-14,16-19H,5-12,15,20H2,1-4H3;2H2,1H3,(H,3,4,5). The molecule has 7 nitrogen and oxygen atoms in total. The van der Waals surface area contributed by atoms with Crippen molar-refractivity contribution in [3.05, 3.63) is 58.4 Å². The zero-order valence-electron chi connectivity index (χ0n) is 23.5. The van der Waals surface area contributed by atoms with Crippen molar-refractivity contribution in [2.45, 2.75) is 91.1 Å². The van der Waals surface area contributed by atoms with Gasteiger partial charge in [0.05, 0.1) is 23.2 Å². The van der Waals surface area contributed by atoms with Crippen LogP contribution in [0.3, 0.4) is 0 Å². The van der Waals surface area contributed by atoms with E-state index in [0.717, 1.165) is 35.5 Å². The minimum atomic E-state index is -3.66. The van der Waals surface area contributed by atoms with Gasteiger partial charge in [-0.3, -0.25) is 19.2 Å². The number of unbranched alkanes of at least 4 members (excludes halogenated alkanes) is 7. The second kappa shape index (κ2) is 15.0. The molecule has 3 rings (SSSR count). The molecule has 1 aliphatic heterocycles. The number of nitrogens with zero attached hydrogens (tertiary/aromatic N) is 3. The summed E-state index contributed by atoms with van der Waals surface area (Å²) < 4.78 is 26.9. The number of hydrogen-bond donors (Lipinski definition) is 1. The molecular formula is C29H44ClN3O4S. The average molecular weight is 566 g/mol. The van der Waals surface area contributed by atoms with Crippen LogP contribution < -0.4 is 4.90 Å². The molecular weight excluding hydrogens is 522 g/mol. The third-order valence-corrected chi connectivity index (χ3v) is 7.85. The summed E-state index contributed by atoms with van der Waals surface area (Å²) in [6.45, 7) is 9.67. The van der Waals surface area contributed by atoms with Gasteiger partial charge in [0, 0.05) is 23.3 Å². The Morgan fingerprint density at radius 1 is 1.00 bits per heavy atom. The number of halogens is 1. The first-order chi connectivity index (χ1) is 17.9. The van der Waals surface area contributed by atoms with Crippen LogP contribution in [-0.2, 0) is 22.2 Å². The lowest BCUT2D eigenvalue weighted by atomic mass is 9.93. The Morgan fingerprint density at radius 2 is 1.61 bits per heavy atom. The molecule has 0 atom stereocenters. The van der Waals surface area contributed by atoms with Crippen molar-refractivity contribution in [2.24, 2.45) is 0 Å². The van der Waals surface area contributed by atoms with Gasteiger partial charge >= 0.3 is 0 Å². The Balaban J connectivity index is 0.000000757. The predicted octanol–water partition coefficient (Wildman–Crippen LogP) is 7.10. The average Bonchev–Trinajstić information content (AvgIpc) is 3.05. The van der Waals surface area contributed by atoms with E-state index in [2.05, 4.69) is 43.8 Å². The number of fused-ring (bicyclic) bond motifs is 1. The second-order valence-electron chi connectivity index (χ2n) is 10.5. The van der Waals surface area contributed by atoms with Crippen molar-refractivity contribution in [3.8, 4) is 0 Å². The van der Waals surface area contributed by atoms with Crippen molar-refractivity contribution in [1.82, 2.24) is 9.88 Å². The number of carbonyl (C=O) groups excluding carboxylic acids is 1. The highest BCUT2D eigenvalue weighted by atomic mass is 35.5. The number of pyridine rings is 1. The number of hydrogen-bond acceptors (Lipinski definition) is 5. The van der Waals surface area contributed by atoms with Gasteiger partial charge in [-0.15, -0.1) is 0 Å². The van der Waals surface area contributed by atoms with E-state index in [1.807, 2.05) is 23.2 Å². The first kappa shape index (κ1) is 32.2. The van der Waals surface area contributed by atoms with Crippen LogP contribution >= 0.6 is 11.6 Å². The Morgan fingerprint density at radius 3 is 2.21 bits per heavy atom. The van der Waals surface area contributed by atoms with E-state index in [9.17, 15) is 13.2 Å². The van der Waals surface area contributed by atoms with Gasteiger partial charge in [0.2, 0.25) is 0 Å². The molecule has 9 heteroatoms. The first-order valence-electron chi connectivity index (χ1n) is 13.6. The van der Waals surface area contributed by atoms with E-state index in [1.54, 1.807) is 12.3 Å². The van der Waals surface area contributed by atoms with Gasteiger partial charge in [0.15, 0.2) is 0 Å². The molecule has 1 N–H and O–H groups in total. The normalized spacial score (nSPS) is 14.4. The molecule has 0 unspecified atom stereocenters. The van der Waals surface area contributed by atoms with Crippen LogP contribution in [0, 0.1) is 0 Å². The highest BCUT2D eigenvalue weighted by Crippen LogP contribution is 2.42. The smallest absolute Gasteiger partial charge is 0.264 e. The van der Waals surface area contributed by atoms with Crippen LogP contribution in [0.15, 0.2) is 36.7 Å². The molecule has 0 fully saturated rings. The van der Waals surface area contributed by atoms with E-state index >= 15 is 0 Å². The topological polar surface area (TPSA) is 90.8 Å². The van der Waals surface area contributed by atoms with Gasteiger partial charge in [-0.25, -0.2) is 0 Å². The summed E-state index contributed by atoms with van der Waals surface area (Å²) in [5.41, 5.74) is 3.18. The number of rotatable bonds is 13. The number of carbonyl (C=O) groups is 1. The van der Waals surface area contributed by atoms with Crippen molar-refractivity contribution in [2.75, 3.05) is 24.2 Å². The van der Waals surface area contributed by atoms with E-state index in [-0.39, 0.29) is 11.7 Å². The van der Waals surface area contributed by atoms with Crippen LogP contribution in [0.1, 0.15) is 101 Å². The summed E-state index contributed by atoms with van der Waals surface area (Å²) in [5, 5.41) is 0.654. The minimum absolute atomic E-state index is 0.00732. The van der Waals surface area contributed by atoms with Crippen LogP contribution in [0.2, 0.25) is 5.02 Å². The lowest BCUT2D eigenvalue weighted by Gasteiger charge is -2.32. The second-order valence-corrected chi connectivity index (χ2v) is 12.7. The van der Waals surface area contributed by atoms with E-state index < -0.39 is 15.7 Å². The number of benzene rings is 1. The maximum Gasteiger partial charge on any atom is 0.264 e. The monoisotopic (exact) mass is 565 g/mol. The molecule has 1 aliphatic rings. The fraction of sp³-hybridized carbons (Fsp3) is 0.586. The molecule has 0 aliphatic carbocycles. The third kappa shape index (κ3) is 9.63. The SMILES string of the molecule is CCCCCCCCCCN(C)Cc1cncc(N2C(=O)c3ccc(Cl)cc3C2(C)C)c1.CCS(=O)(=O)O. The highest BCUT2D eigenvalue weighted by Gasteiger charge is 2.44. The van der Waals surface area contributed by atoms with Crippen LogP contribution in [0.5, 0.6) is 0 Å². The predicted molar refractivity (Wildman–Crippen MR) is 157 cm³/mol. The zero-order valence-corrected chi connectivity index (χ0v) is 25.1. The summed E-state index contributed by atoms with van der Waals surface area (Å²) in [7, 11) is -1.50. The Bertz CT molecular complexity index is 1150. The lowest BCUT2D eigenvalue weighted by molar-refractivity contribution is 0.0982. The summed E-state index contributed by atoms with van der Waals surface area (Å²) in [6.07, 6.45) is 14.4. The van der Waals surface area contributed by atoms with Gasteiger partial charge in [0.25, 0.3) is 16.0 Å². The number of aromatic nitrogens is 1. The third-order valence-electron chi connectivity index (χ3n) is 6.88. The Hall–Kier alpha value is -2.00. The lowest BCUT2D eigenvalue weighted by Crippen LogP contribution is -2.39. The molecule has 1 amide bonds. The molecule has 2 heterocycles. The van der Waals surface area contributed by atoms with Gasteiger partial charge in [0.1, 0.15) is 0 Å². The Labute approximate surface area is 234 Å². The highest BCUT2D eigenvalue weighted by molar-refractivity contribution is 7.85. The van der Waals surface area contributed by atoms with Crippen molar-refractivity contribution in [1.29, 1.82) is 0 Å². The number of anilines is 1. The maximum atomic E-state index is 13.2. The molecule has 0 saturated carbocycles. The van der Waals surface area contributed by atoms with Crippen molar-refractivity contribution < 1.29 is 17.8 Å². The van der Waals surface area contributed by atoms with Crippen LogP contribution in [0.25, 0.3) is 0 Å². The minimum Gasteiger partial charge on any atom is -0.302 e. The summed E-state index contributed by atoms with van der Waals surface area (Å²) in [4.78, 5) is 21.9. The molecule has 38 heavy (non-hydrogen) atoms. The van der Waals surface area contributed by atoms with Crippen LogP contribution in [-0.4, -0.2) is 48.1 Å². The van der Waals surface area contributed by atoms with Crippen molar-refractivity contribution in [3.63, 3.8) is 0 Å². The summed E-state index contributed by atoms with van der Waals surface area (Å²) in [6, 6.07) is 7.62. The molecule has 0 saturated heterocycles. The zero-order chi connectivity index (χ0) is 28.3. The summed E-state index contributed by atoms with van der Waals surface area (Å²) >= 11 is 6.22. The van der Waals surface area contributed by atoms with Gasteiger partial charge in [-0.1, -0.05) is 63.5 Å². The molecule has 2 aromatic rings. The van der Waals surface area contributed by atoms with Gasteiger partial charge in [-0.05, 0) is 76.2 Å². The first-order valence-corrected chi connectivity index (χ1v) is 15.6. The largest absolute Gasteiger partial charge is 0.302 e. The fourth-order valence-electron chi connectivity index (χ4n) is 4.73. The van der Waals surface area contributed by atoms with Gasteiger partial charge in [-0.2, -0.15) is 8.42 Å². The van der Waals surface area contributed by atoms with E-state index in [1.165, 1.54) is 58.3 Å².